The van der Waals surface area contributed by atoms with Gasteiger partial charge in [-0.15, -0.1) is 0 Å². The van der Waals surface area contributed by atoms with Crippen LogP contribution in [0.5, 0.6) is 0 Å². The fourth-order valence-corrected chi connectivity index (χ4v) is 2.01. The summed E-state index contributed by atoms with van der Waals surface area (Å²) >= 11 is 0. The van der Waals surface area contributed by atoms with Crippen LogP contribution in [-0.4, -0.2) is 7.05 Å². The summed E-state index contributed by atoms with van der Waals surface area (Å²) in [4.78, 5) is 0. The molecule has 0 atom stereocenters. The highest BCUT2D eigenvalue weighted by atomic mass is 19.2. The standard InChI is InChI=1S/C15H14F3N/c1-9-3-4-10(8-19-2)5-12(9)11-6-13(16)15(18)14(17)7-11/h3-7,19H,8H2,1-2H3. The molecule has 2 aromatic rings. The Labute approximate surface area is 110 Å². The van der Waals surface area contributed by atoms with Gasteiger partial charge in [0.2, 0.25) is 0 Å². The number of aryl methyl sites for hydroxylation is 1. The van der Waals surface area contributed by atoms with Crippen molar-refractivity contribution < 1.29 is 13.2 Å². The van der Waals surface area contributed by atoms with Gasteiger partial charge in [0.15, 0.2) is 17.5 Å². The third-order valence-electron chi connectivity index (χ3n) is 2.98. The summed E-state index contributed by atoms with van der Waals surface area (Å²) in [5.41, 5.74) is 2.91. The Balaban J connectivity index is 2.54. The second kappa shape index (κ2) is 5.45. The minimum absolute atomic E-state index is 0.340. The lowest BCUT2D eigenvalue weighted by molar-refractivity contribution is 0.447. The molecule has 1 nitrogen and oxygen atoms in total. The Morgan fingerprint density at radius 1 is 1.00 bits per heavy atom. The molecular weight excluding hydrogens is 251 g/mol. The maximum absolute atomic E-state index is 13.3. The van der Waals surface area contributed by atoms with Crippen molar-refractivity contribution in [3.63, 3.8) is 0 Å². The van der Waals surface area contributed by atoms with Crippen LogP contribution in [0.3, 0.4) is 0 Å². The molecule has 0 saturated carbocycles. The van der Waals surface area contributed by atoms with E-state index >= 15 is 0 Å². The number of hydrogen-bond donors (Lipinski definition) is 1. The van der Waals surface area contributed by atoms with Gasteiger partial charge in [0, 0.05) is 6.54 Å². The Morgan fingerprint density at radius 2 is 1.63 bits per heavy atom. The van der Waals surface area contributed by atoms with Crippen LogP contribution in [0.2, 0.25) is 0 Å². The molecule has 0 heterocycles. The van der Waals surface area contributed by atoms with Crippen molar-refractivity contribution >= 4 is 0 Å². The van der Waals surface area contributed by atoms with E-state index in [9.17, 15) is 13.2 Å². The van der Waals surface area contributed by atoms with Crippen molar-refractivity contribution in [3.8, 4) is 11.1 Å². The van der Waals surface area contributed by atoms with Gasteiger partial charge in [-0.1, -0.05) is 12.1 Å². The normalized spacial score (nSPS) is 10.8. The molecule has 0 spiro atoms. The van der Waals surface area contributed by atoms with Gasteiger partial charge in [-0.2, -0.15) is 0 Å². The predicted molar refractivity (Wildman–Crippen MR) is 69.3 cm³/mol. The fourth-order valence-electron chi connectivity index (χ4n) is 2.01. The van der Waals surface area contributed by atoms with Crippen molar-refractivity contribution in [1.82, 2.24) is 5.32 Å². The summed E-state index contributed by atoms with van der Waals surface area (Å²) in [5, 5.41) is 3.01. The van der Waals surface area contributed by atoms with Crippen LogP contribution in [0.25, 0.3) is 11.1 Å². The lowest BCUT2D eigenvalue weighted by Gasteiger charge is -2.10. The van der Waals surface area contributed by atoms with Gasteiger partial charge in [0.1, 0.15) is 0 Å². The Morgan fingerprint density at radius 3 is 2.21 bits per heavy atom. The first kappa shape index (κ1) is 13.6. The summed E-state index contributed by atoms with van der Waals surface area (Å²) < 4.78 is 39.5. The van der Waals surface area contributed by atoms with Crippen LogP contribution < -0.4 is 5.32 Å². The van der Waals surface area contributed by atoms with Gasteiger partial charge in [0.25, 0.3) is 0 Å². The second-order valence-corrected chi connectivity index (χ2v) is 4.43. The SMILES string of the molecule is CNCc1ccc(C)c(-c2cc(F)c(F)c(F)c2)c1. The van der Waals surface area contributed by atoms with Gasteiger partial charge in [0.05, 0.1) is 0 Å². The predicted octanol–water partition coefficient (Wildman–Crippen LogP) is 3.80. The van der Waals surface area contributed by atoms with Crippen LogP contribution in [0.1, 0.15) is 11.1 Å². The first-order valence-corrected chi connectivity index (χ1v) is 5.92. The van der Waals surface area contributed by atoms with E-state index < -0.39 is 17.5 Å². The highest BCUT2D eigenvalue weighted by molar-refractivity contribution is 5.68. The molecule has 19 heavy (non-hydrogen) atoms. The molecule has 2 rings (SSSR count). The monoisotopic (exact) mass is 265 g/mol. The molecule has 100 valence electrons. The van der Waals surface area contributed by atoms with Crippen LogP contribution >= 0.6 is 0 Å². The molecular formula is C15H14F3N. The fraction of sp³-hybridized carbons (Fsp3) is 0.200. The molecule has 2 aromatic carbocycles. The third kappa shape index (κ3) is 2.79. The maximum Gasteiger partial charge on any atom is 0.194 e. The number of halogens is 3. The van der Waals surface area contributed by atoms with Crippen LogP contribution in [0.4, 0.5) is 13.2 Å². The summed E-state index contributed by atoms with van der Waals surface area (Å²) in [7, 11) is 1.82. The molecule has 4 heteroatoms. The highest BCUT2D eigenvalue weighted by Crippen LogP contribution is 2.27. The molecule has 1 N–H and O–H groups in total. The average molecular weight is 265 g/mol. The Kier molecular flexibility index (Phi) is 3.90. The van der Waals surface area contributed by atoms with E-state index in [0.717, 1.165) is 23.3 Å². The molecule has 0 aliphatic carbocycles. The molecule has 0 fully saturated rings. The van der Waals surface area contributed by atoms with E-state index in [4.69, 9.17) is 0 Å². The summed E-state index contributed by atoms with van der Waals surface area (Å²) in [6, 6.07) is 7.69. The van der Waals surface area contributed by atoms with Crippen molar-refractivity contribution in [3.05, 3.63) is 58.9 Å². The van der Waals surface area contributed by atoms with Crippen molar-refractivity contribution in [1.29, 1.82) is 0 Å². The summed E-state index contributed by atoms with van der Waals surface area (Å²) in [5.74, 6) is -3.78. The lowest BCUT2D eigenvalue weighted by atomic mass is 9.97. The Bertz CT molecular complexity index is 585. The topological polar surface area (TPSA) is 12.0 Å². The maximum atomic E-state index is 13.3. The van der Waals surface area contributed by atoms with E-state index in [1.165, 1.54) is 0 Å². The minimum Gasteiger partial charge on any atom is -0.316 e. The summed E-state index contributed by atoms with van der Waals surface area (Å²) in [6.45, 7) is 2.50. The molecule has 0 radical (unpaired) electrons. The van der Waals surface area contributed by atoms with Crippen molar-refractivity contribution in [2.24, 2.45) is 0 Å². The zero-order valence-corrected chi connectivity index (χ0v) is 10.7. The van der Waals surface area contributed by atoms with E-state index in [0.29, 0.717) is 17.7 Å². The van der Waals surface area contributed by atoms with Gasteiger partial charge in [-0.3, -0.25) is 0 Å². The van der Waals surface area contributed by atoms with Gasteiger partial charge < -0.3 is 5.32 Å². The minimum atomic E-state index is -1.44. The molecule has 0 aromatic heterocycles. The van der Waals surface area contributed by atoms with Gasteiger partial charge >= 0.3 is 0 Å². The van der Waals surface area contributed by atoms with Crippen LogP contribution in [0.15, 0.2) is 30.3 Å². The average Bonchev–Trinajstić information content (AvgIpc) is 2.38. The molecule has 0 unspecified atom stereocenters. The molecule has 0 amide bonds. The number of hydrogen-bond acceptors (Lipinski definition) is 1. The third-order valence-corrected chi connectivity index (χ3v) is 2.98. The lowest BCUT2D eigenvalue weighted by Crippen LogP contribution is -2.05. The van der Waals surface area contributed by atoms with Crippen LogP contribution in [-0.2, 0) is 6.54 Å². The zero-order valence-electron chi connectivity index (χ0n) is 10.7. The van der Waals surface area contributed by atoms with Crippen molar-refractivity contribution in [2.45, 2.75) is 13.5 Å². The van der Waals surface area contributed by atoms with E-state index in [-0.39, 0.29) is 0 Å². The van der Waals surface area contributed by atoms with Gasteiger partial charge in [-0.25, -0.2) is 13.2 Å². The molecule has 0 saturated heterocycles. The summed E-state index contributed by atoms with van der Waals surface area (Å²) in [6.07, 6.45) is 0. The van der Waals surface area contributed by atoms with Crippen LogP contribution in [0, 0.1) is 24.4 Å². The molecule has 0 aliphatic heterocycles. The molecule has 0 bridgehead atoms. The van der Waals surface area contributed by atoms with E-state index in [1.807, 2.05) is 32.2 Å². The van der Waals surface area contributed by atoms with Crippen molar-refractivity contribution in [2.75, 3.05) is 7.05 Å². The highest BCUT2D eigenvalue weighted by Gasteiger charge is 2.13. The Hall–Kier alpha value is -1.81. The van der Waals surface area contributed by atoms with E-state index in [2.05, 4.69) is 5.32 Å². The second-order valence-electron chi connectivity index (χ2n) is 4.43. The quantitative estimate of drug-likeness (QED) is 0.832. The first-order chi connectivity index (χ1) is 9.02. The largest absolute Gasteiger partial charge is 0.316 e. The number of rotatable bonds is 3. The van der Waals surface area contributed by atoms with E-state index in [1.54, 1.807) is 0 Å². The smallest absolute Gasteiger partial charge is 0.194 e. The number of nitrogens with one attached hydrogen (secondary N) is 1. The molecule has 0 aliphatic rings. The van der Waals surface area contributed by atoms with Gasteiger partial charge in [-0.05, 0) is 54.4 Å². The first-order valence-electron chi connectivity index (χ1n) is 5.92. The number of benzene rings is 2. The zero-order chi connectivity index (χ0) is 14.0.